The second kappa shape index (κ2) is 6.03. The molecule has 0 bridgehead atoms. The van der Waals surface area contributed by atoms with E-state index in [1.807, 2.05) is 13.8 Å². The Hall–Kier alpha value is -0.540. The lowest BCUT2D eigenvalue weighted by molar-refractivity contribution is -0.132. The van der Waals surface area contributed by atoms with Crippen molar-refractivity contribution in [1.82, 2.24) is 0 Å². The molecule has 0 aromatic rings. The summed E-state index contributed by atoms with van der Waals surface area (Å²) in [4.78, 5) is 9.39. The zero-order valence-electron chi connectivity index (χ0n) is 7.72. The van der Waals surface area contributed by atoms with Gasteiger partial charge in [0.25, 0.3) is 0 Å². The lowest BCUT2D eigenvalue weighted by Gasteiger charge is -2.09. The summed E-state index contributed by atoms with van der Waals surface area (Å²) in [7, 11) is 0. The number of hydrogen-bond acceptors (Lipinski definition) is 2. The highest BCUT2D eigenvalue weighted by atomic mass is 35.5. The number of aliphatic carboxylic acids is 1. The molecule has 0 unspecified atom stereocenters. The second-order valence-corrected chi connectivity index (χ2v) is 4.03. The van der Waals surface area contributed by atoms with Gasteiger partial charge in [0, 0.05) is 12.1 Å². The standard InChI is InChI=1S/C4H10ClN.C4H6O2/c1-4(2,5)3-6;1-3(2)4(5)6/h3,6H2,1-2H3;1H2,2H3,(H,5,6). The van der Waals surface area contributed by atoms with Crippen LogP contribution in [0.5, 0.6) is 0 Å². The van der Waals surface area contributed by atoms with Crippen molar-refractivity contribution in [3.8, 4) is 0 Å². The number of carboxylic acids is 1. The van der Waals surface area contributed by atoms with Crippen molar-refractivity contribution >= 4 is 17.6 Å². The first-order chi connectivity index (χ1) is 5.20. The fraction of sp³-hybridized carbons (Fsp3) is 0.625. The number of nitrogens with two attached hydrogens (primary N) is 1. The summed E-state index contributed by atoms with van der Waals surface area (Å²) in [6, 6.07) is 0. The molecule has 0 spiro atoms. The first-order valence-corrected chi connectivity index (χ1v) is 3.86. The molecule has 0 saturated heterocycles. The molecule has 0 saturated carbocycles. The van der Waals surface area contributed by atoms with Gasteiger partial charge in [-0.3, -0.25) is 0 Å². The third-order valence-corrected chi connectivity index (χ3v) is 1.00. The number of carbonyl (C=O) groups is 1. The Morgan fingerprint density at radius 3 is 1.83 bits per heavy atom. The van der Waals surface area contributed by atoms with Crippen molar-refractivity contribution in [2.45, 2.75) is 25.6 Å². The molecule has 0 heterocycles. The SMILES string of the molecule is C=C(C)C(=O)O.CC(C)(Cl)CN. The van der Waals surface area contributed by atoms with Gasteiger partial charge in [0.1, 0.15) is 0 Å². The molecule has 72 valence electrons. The highest BCUT2D eigenvalue weighted by Crippen LogP contribution is 2.07. The Labute approximate surface area is 78.2 Å². The zero-order valence-corrected chi connectivity index (χ0v) is 8.48. The van der Waals surface area contributed by atoms with E-state index in [9.17, 15) is 4.79 Å². The van der Waals surface area contributed by atoms with Gasteiger partial charge in [0.05, 0.1) is 4.87 Å². The van der Waals surface area contributed by atoms with Gasteiger partial charge in [0.2, 0.25) is 0 Å². The fourth-order valence-corrected chi connectivity index (χ4v) is 0. The van der Waals surface area contributed by atoms with Crippen molar-refractivity contribution in [2.24, 2.45) is 5.73 Å². The van der Waals surface area contributed by atoms with Crippen molar-refractivity contribution in [3.05, 3.63) is 12.2 Å². The fourth-order valence-electron chi connectivity index (χ4n) is 0. The van der Waals surface area contributed by atoms with Crippen LogP contribution in [-0.4, -0.2) is 22.5 Å². The maximum absolute atomic E-state index is 9.60. The molecule has 0 aromatic carbocycles. The molecule has 0 atom stereocenters. The van der Waals surface area contributed by atoms with Gasteiger partial charge in [-0.05, 0) is 20.8 Å². The smallest absolute Gasteiger partial charge is 0.330 e. The second-order valence-electron chi connectivity index (χ2n) is 3.01. The Morgan fingerprint density at radius 1 is 1.67 bits per heavy atom. The lowest BCUT2D eigenvalue weighted by atomic mass is 10.2. The van der Waals surface area contributed by atoms with E-state index in [0.717, 1.165) is 0 Å². The molecule has 0 amide bonds. The lowest BCUT2D eigenvalue weighted by Crippen LogP contribution is -2.23. The van der Waals surface area contributed by atoms with E-state index >= 15 is 0 Å². The summed E-state index contributed by atoms with van der Waals surface area (Å²) < 4.78 is 0. The largest absolute Gasteiger partial charge is 0.478 e. The summed E-state index contributed by atoms with van der Waals surface area (Å²) in [6.45, 7) is 8.91. The van der Waals surface area contributed by atoms with Crippen LogP contribution >= 0.6 is 11.6 Å². The van der Waals surface area contributed by atoms with Crippen LogP contribution in [0.25, 0.3) is 0 Å². The average Bonchev–Trinajstić information content (AvgIpc) is 1.87. The third-order valence-electron chi connectivity index (χ3n) is 0.850. The van der Waals surface area contributed by atoms with Crippen LogP contribution in [0.3, 0.4) is 0 Å². The monoisotopic (exact) mass is 193 g/mol. The Balaban J connectivity index is 0. The number of carboxylic acid groups (broad SMARTS) is 1. The van der Waals surface area contributed by atoms with Crippen molar-refractivity contribution in [1.29, 1.82) is 0 Å². The minimum atomic E-state index is -0.935. The topological polar surface area (TPSA) is 63.3 Å². The zero-order chi connectivity index (χ0) is 10.4. The highest BCUT2D eigenvalue weighted by molar-refractivity contribution is 6.23. The third kappa shape index (κ3) is 16.2. The molecule has 0 fully saturated rings. The van der Waals surface area contributed by atoms with Gasteiger partial charge in [0.15, 0.2) is 0 Å². The molecule has 12 heavy (non-hydrogen) atoms. The number of halogens is 1. The van der Waals surface area contributed by atoms with Crippen LogP contribution < -0.4 is 5.73 Å². The molecule has 3 nitrogen and oxygen atoms in total. The molecule has 3 N–H and O–H groups in total. The molecule has 0 aliphatic rings. The first-order valence-electron chi connectivity index (χ1n) is 3.48. The van der Waals surface area contributed by atoms with Crippen LogP contribution in [-0.2, 0) is 4.79 Å². The minimum absolute atomic E-state index is 0.176. The molecule has 0 aliphatic heterocycles. The van der Waals surface area contributed by atoms with Crippen molar-refractivity contribution in [2.75, 3.05) is 6.54 Å². The van der Waals surface area contributed by atoms with Crippen LogP contribution in [0.4, 0.5) is 0 Å². The molecular formula is C8H16ClNO2. The van der Waals surface area contributed by atoms with E-state index < -0.39 is 5.97 Å². The Bertz CT molecular complexity index is 149. The van der Waals surface area contributed by atoms with Gasteiger partial charge in [-0.15, -0.1) is 11.6 Å². The van der Waals surface area contributed by atoms with E-state index in [-0.39, 0.29) is 10.4 Å². The maximum Gasteiger partial charge on any atom is 0.330 e. The number of rotatable bonds is 2. The normalized spacial score (nSPS) is 9.75. The first kappa shape index (κ1) is 14.0. The molecular weight excluding hydrogens is 178 g/mol. The number of alkyl halides is 1. The molecule has 0 rings (SSSR count). The summed E-state index contributed by atoms with van der Waals surface area (Å²) >= 11 is 5.59. The van der Waals surface area contributed by atoms with Gasteiger partial charge in [-0.2, -0.15) is 0 Å². The van der Waals surface area contributed by atoms with Crippen LogP contribution in [0.1, 0.15) is 20.8 Å². The van der Waals surface area contributed by atoms with E-state index in [1.54, 1.807) is 0 Å². The minimum Gasteiger partial charge on any atom is -0.478 e. The predicted octanol–water partition coefficient (Wildman–Crippen LogP) is 1.61. The van der Waals surface area contributed by atoms with Crippen molar-refractivity contribution < 1.29 is 9.90 Å². The van der Waals surface area contributed by atoms with Gasteiger partial charge < -0.3 is 10.8 Å². The van der Waals surface area contributed by atoms with Gasteiger partial charge in [-0.1, -0.05) is 6.58 Å². The molecule has 0 aliphatic carbocycles. The van der Waals surface area contributed by atoms with Crippen LogP contribution in [0.2, 0.25) is 0 Å². The quantitative estimate of drug-likeness (QED) is 0.518. The number of hydrogen-bond donors (Lipinski definition) is 2. The molecule has 0 radical (unpaired) electrons. The van der Waals surface area contributed by atoms with E-state index in [4.69, 9.17) is 22.4 Å². The van der Waals surface area contributed by atoms with E-state index in [2.05, 4.69) is 6.58 Å². The average molecular weight is 194 g/mol. The summed E-state index contributed by atoms with van der Waals surface area (Å²) in [6.07, 6.45) is 0. The van der Waals surface area contributed by atoms with E-state index in [0.29, 0.717) is 6.54 Å². The summed E-state index contributed by atoms with van der Waals surface area (Å²) in [5.74, 6) is -0.935. The van der Waals surface area contributed by atoms with E-state index in [1.165, 1.54) is 6.92 Å². The van der Waals surface area contributed by atoms with Crippen LogP contribution in [0, 0.1) is 0 Å². The van der Waals surface area contributed by atoms with Gasteiger partial charge in [-0.25, -0.2) is 4.79 Å². The summed E-state index contributed by atoms with van der Waals surface area (Å²) in [5.41, 5.74) is 5.35. The maximum atomic E-state index is 9.60. The highest BCUT2D eigenvalue weighted by Gasteiger charge is 2.07. The Kier molecular flexibility index (Phi) is 7.04. The Morgan fingerprint density at radius 2 is 1.83 bits per heavy atom. The van der Waals surface area contributed by atoms with Crippen LogP contribution in [0.15, 0.2) is 12.2 Å². The molecule has 4 heteroatoms. The summed E-state index contributed by atoms with van der Waals surface area (Å²) in [5, 5.41) is 7.89. The molecule has 0 aromatic heterocycles. The van der Waals surface area contributed by atoms with Gasteiger partial charge >= 0.3 is 5.97 Å². The van der Waals surface area contributed by atoms with Crippen molar-refractivity contribution in [3.63, 3.8) is 0 Å². The predicted molar refractivity (Wildman–Crippen MR) is 51.4 cm³/mol.